The van der Waals surface area contributed by atoms with E-state index in [1.54, 1.807) is 0 Å². The predicted molar refractivity (Wildman–Crippen MR) is 71.4 cm³/mol. The predicted octanol–water partition coefficient (Wildman–Crippen LogP) is -0.781. The van der Waals surface area contributed by atoms with Crippen LogP contribution >= 0.6 is 0 Å². The summed E-state index contributed by atoms with van der Waals surface area (Å²) in [4.78, 5) is 13.7. The first-order chi connectivity index (χ1) is 8.84. The summed E-state index contributed by atoms with van der Waals surface area (Å²) in [6, 6.07) is 0. The quantitative estimate of drug-likeness (QED) is 0.488. The van der Waals surface area contributed by atoms with Crippen LogP contribution < -0.4 is 5.73 Å². The summed E-state index contributed by atoms with van der Waals surface area (Å²) < 4.78 is 0. The van der Waals surface area contributed by atoms with Crippen LogP contribution in [-0.4, -0.2) is 58.8 Å². The van der Waals surface area contributed by atoms with Gasteiger partial charge in [-0.15, -0.1) is 0 Å². The molecule has 7 heteroatoms. The molecule has 1 saturated carbocycles. The minimum absolute atomic E-state index is 0.0706. The van der Waals surface area contributed by atoms with E-state index < -0.39 is 18.6 Å². The van der Waals surface area contributed by atoms with Crippen LogP contribution in [0.4, 0.5) is 0 Å². The Morgan fingerprint density at radius 2 is 2.16 bits per heavy atom. The minimum Gasteiger partial charge on any atom is -0.480 e. The normalized spacial score (nSPS) is 38.4. The van der Waals surface area contributed by atoms with E-state index in [0.29, 0.717) is 31.1 Å². The van der Waals surface area contributed by atoms with Crippen molar-refractivity contribution < 1.29 is 19.9 Å². The summed E-state index contributed by atoms with van der Waals surface area (Å²) in [6.45, 7) is 1.80. The highest BCUT2D eigenvalue weighted by Gasteiger charge is 2.57. The smallest absolute Gasteiger partial charge is 0.451 e. The molecule has 0 radical (unpaired) electrons. The van der Waals surface area contributed by atoms with Crippen molar-refractivity contribution in [2.24, 2.45) is 23.5 Å². The van der Waals surface area contributed by atoms with Gasteiger partial charge in [-0.25, -0.2) is 0 Å². The van der Waals surface area contributed by atoms with E-state index in [4.69, 9.17) is 15.8 Å². The number of hydrogen-bond acceptors (Lipinski definition) is 5. The average Bonchev–Trinajstić information content (AvgIpc) is 2.74. The molecule has 0 aromatic heterocycles. The van der Waals surface area contributed by atoms with Crippen LogP contribution in [0.2, 0.25) is 6.32 Å². The molecule has 0 aromatic rings. The number of nitrogens with zero attached hydrogens (tertiary/aromatic N) is 1. The molecule has 2 rings (SSSR count). The Morgan fingerprint density at radius 1 is 1.47 bits per heavy atom. The van der Waals surface area contributed by atoms with E-state index in [2.05, 4.69) is 4.90 Å². The summed E-state index contributed by atoms with van der Waals surface area (Å²) in [6.07, 6.45) is 2.06. The molecule has 0 spiro atoms. The number of hydrogen-bond donors (Lipinski definition) is 4. The Morgan fingerprint density at radius 3 is 2.74 bits per heavy atom. The third kappa shape index (κ3) is 2.79. The van der Waals surface area contributed by atoms with Gasteiger partial charge in [0.25, 0.3) is 0 Å². The first kappa shape index (κ1) is 14.8. The average molecular weight is 270 g/mol. The van der Waals surface area contributed by atoms with Gasteiger partial charge in [0.05, 0.1) is 0 Å². The first-order valence-corrected chi connectivity index (χ1v) is 6.91. The largest absolute Gasteiger partial charge is 0.480 e. The summed E-state index contributed by atoms with van der Waals surface area (Å²) in [5.74, 6) is -0.310. The first-order valence-electron chi connectivity index (χ1n) is 6.91. The minimum atomic E-state index is -1.32. The van der Waals surface area contributed by atoms with Crippen LogP contribution in [0.1, 0.15) is 19.3 Å². The number of carboxylic acid groups (broad SMARTS) is 1. The Hall–Kier alpha value is -0.625. The zero-order chi connectivity index (χ0) is 14.2. The lowest BCUT2D eigenvalue weighted by atomic mass is 9.76. The van der Waals surface area contributed by atoms with Crippen LogP contribution in [0.5, 0.6) is 0 Å². The second-order valence-electron chi connectivity index (χ2n) is 6.21. The Kier molecular flexibility index (Phi) is 4.20. The standard InChI is InChI=1S/C12H23BN2O4/c1-15-6-8-5-12(14,11(16)17)10(9(8)7-15)3-2-4-13(18)19/h8-10,18-19H,2-7,14H2,1H3,(H,16,17)/t8-,9+,10-,12-/m0/s1. The third-order valence-electron chi connectivity index (χ3n) is 4.83. The molecule has 1 aliphatic heterocycles. The highest BCUT2D eigenvalue weighted by molar-refractivity contribution is 6.40. The molecule has 1 saturated heterocycles. The van der Waals surface area contributed by atoms with Gasteiger partial charge in [-0.05, 0) is 44.0 Å². The molecule has 0 unspecified atom stereocenters. The van der Waals surface area contributed by atoms with E-state index in [9.17, 15) is 9.90 Å². The molecule has 4 atom stereocenters. The molecule has 6 nitrogen and oxygen atoms in total. The van der Waals surface area contributed by atoms with Crippen LogP contribution in [0.3, 0.4) is 0 Å². The van der Waals surface area contributed by atoms with Gasteiger partial charge >= 0.3 is 13.1 Å². The van der Waals surface area contributed by atoms with Crippen molar-refractivity contribution in [2.75, 3.05) is 20.1 Å². The van der Waals surface area contributed by atoms with E-state index in [1.807, 2.05) is 7.05 Å². The van der Waals surface area contributed by atoms with Crippen molar-refractivity contribution in [1.29, 1.82) is 0 Å². The summed E-state index contributed by atoms with van der Waals surface area (Å²) in [5, 5.41) is 27.2. The van der Waals surface area contributed by atoms with Crippen molar-refractivity contribution in [3.8, 4) is 0 Å². The maximum absolute atomic E-state index is 11.5. The van der Waals surface area contributed by atoms with Crippen LogP contribution in [0, 0.1) is 17.8 Å². The van der Waals surface area contributed by atoms with E-state index in [1.165, 1.54) is 0 Å². The van der Waals surface area contributed by atoms with Gasteiger partial charge in [0.2, 0.25) is 0 Å². The topological polar surface area (TPSA) is 107 Å². The van der Waals surface area contributed by atoms with E-state index >= 15 is 0 Å². The number of fused-ring (bicyclic) bond motifs is 1. The highest BCUT2D eigenvalue weighted by atomic mass is 16.4. The summed E-state index contributed by atoms with van der Waals surface area (Å²) in [7, 11) is 0.728. The lowest BCUT2D eigenvalue weighted by Crippen LogP contribution is -2.53. The molecule has 5 N–H and O–H groups in total. The van der Waals surface area contributed by atoms with Gasteiger partial charge in [-0.2, -0.15) is 0 Å². The van der Waals surface area contributed by atoms with Crippen molar-refractivity contribution in [1.82, 2.24) is 4.90 Å². The second kappa shape index (κ2) is 5.40. The molecule has 19 heavy (non-hydrogen) atoms. The fourth-order valence-corrected chi connectivity index (χ4v) is 4.00. The molecule has 1 heterocycles. The lowest BCUT2D eigenvalue weighted by molar-refractivity contribution is -0.145. The lowest BCUT2D eigenvalue weighted by Gasteiger charge is -2.30. The Balaban J connectivity index is 2.07. The van der Waals surface area contributed by atoms with Crippen LogP contribution in [0.15, 0.2) is 0 Å². The molecule has 0 bridgehead atoms. The highest BCUT2D eigenvalue weighted by Crippen LogP contribution is 2.49. The number of aliphatic carboxylic acids is 1. The maximum Gasteiger partial charge on any atom is 0.451 e. The third-order valence-corrected chi connectivity index (χ3v) is 4.83. The van der Waals surface area contributed by atoms with Gasteiger partial charge in [-0.1, -0.05) is 6.42 Å². The number of rotatable bonds is 5. The van der Waals surface area contributed by atoms with Crippen LogP contribution in [0.25, 0.3) is 0 Å². The molecular formula is C12H23BN2O4. The number of likely N-dealkylation sites (tertiary alicyclic amines) is 1. The van der Waals surface area contributed by atoms with Gasteiger partial charge in [0.1, 0.15) is 5.54 Å². The van der Waals surface area contributed by atoms with Gasteiger partial charge in [0, 0.05) is 13.1 Å². The van der Waals surface area contributed by atoms with Crippen molar-refractivity contribution in [2.45, 2.75) is 31.1 Å². The fraction of sp³-hybridized carbons (Fsp3) is 0.917. The second-order valence-corrected chi connectivity index (χ2v) is 6.21. The summed E-state index contributed by atoms with van der Waals surface area (Å²) >= 11 is 0. The van der Waals surface area contributed by atoms with Gasteiger partial charge in [0.15, 0.2) is 0 Å². The van der Waals surface area contributed by atoms with Crippen molar-refractivity contribution in [3.63, 3.8) is 0 Å². The molecule has 108 valence electrons. The van der Waals surface area contributed by atoms with Gasteiger partial charge < -0.3 is 25.8 Å². The van der Waals surface area contributed by atoms with Crippen LogP contribution in [-0.2, 0) is 4.79 Å². The number of carboxylic acids is 1. The molecule has 2 aliphatic rings. The van der Waals surface area contributed by atoms with E-state index in [-0.39, 0.29) is 12.2 Å². The van der Waals surface area contributed by atoms with Crippen molar-refractivity contribution >= 4 is 13.1 Å². The fourth-order valence-electron chi connectivity index (χ4n) is 4.00. The molecule has 2 fully saturated rings. The zero-order valence-corrected chi connectivity index (χ0v) is 11.3. The van der Waals surface area contributed by atoms with Gasteiger partial charge in [-0.3, -0.25) is 4.79 Å². The Labute approximate surface area is 113 Å². The molecule has 1 aliphatic carbocycles. The number of carbonyl (C=O) groups is 1. The Bertz CT molecular complexity index is 355. The molecule has 0 amide bonds. The van der Waals surface area contributed by atoms with E-state index in [0.717, 1.165) is 13.1 Å². The monoisotopic (exact) mass is 270 g/mol. The number of nitrogens with two attached hydrogens (primary N) is 1. The maximum atomic E-state index is 11.5. The summed E-state index contributed by atoms with van der Waals surface area (Å²) in [5.41, 5.74) is 5.01. The molecular weight excluding hydrogens is 247 g/mol. The van der Waals surface area contributed by atoms with Crippen molar-refractivity contribution in [3.05, 3.63) is 0 Å². The molecule has 0 aromatic carbocycles. The SMILES string of the molecule is CN1C[C@@H]2C[C@@](N)(C(=O)O)[C@@H](CCCB(O)O)[C@@H]2C1. The zero-order valence-electron chi connectivity index (χ0n) is 11.3.